The molecule has 1 aromatic heterocycles. The van der Waals surface area contributed by atoms with Crippen molar-refractivity contribution in [1.82, 2.24) is 4.90 Å². The lowest BCUT2D eigenvalue weighted by molar-refractivity contribution is -0.129. The van der Waals surface area contributed by atoms with Crippen LogP contribution < -0.4 is 0 Å². The van der Waals surface area contributed by atoms with E-state index in [2.05, 4.69) is 15.9 Å². The number of carbonyl (C=O) groups excluding carboxylic acids is 1. The Morgan fingerprint density at radius 2 is 1.94 bits per heavy atom. The first kappa shape index (κ1) is 13.3. The Bertz CT molecular complexity index is 524. The third-order valence-electron chi connectivity index (χ3n) is 2.64. The van der Waals surface area contributed by atoms with Crippen molar-refractivity contribution >= 4 is 33.2 Å². The zero-order valence-corrected chi connectivity index (χ0v) is 12.5. The minimum absolute atomic E-state index is 0.146. The van der Waals surface area contributed by atoms with Crippen molar-refractivity contribution in [2.45, 2.75) is 13.0 Å². The highest BCUT2D eigenvalue weighted by Crippen LogP contribution is 2.22. The number of likely N-dealkylation sites (N-methyl/N-ethyl adjacent to an activating group) is 1. The molecule has 1 heterocycles. The minimum atomic E-state index is 0.146. The second-order valence-electron chi connectivity index (χ2n) is 4.12. The van der Waals surface area contributed by atoms with Gasteiger partial charge in [0, 0.05) is 18.5 Å². The van der Waals surface area contributed by atoms with Gasteiger partial charge in [-0.3, -0.25) is 4.79 Å². The van der Waals surface area contributed by atoms with Gasteiger partial charge in [-0.2, -0.15) is 0 Å². The van der Waals surface area contributed by atoms with Crippen LogP contribution in [0.25, 0.3) is 0 Å². The second-order valence-corrected chi connectivity index (χ2v) is 6.67. The number of halogens is 1. The third-order valence-corrected chi connectivity index (χ3v) is 4.27. The van der Waals surface area contributed by atoms with Gasteiger partial charge in [0.25, 0.3) is 0 Å². The van der Waals surface area contributed by atoms with Gasteiger partial charge in [-0.05, 0) is 33.6 Å². The number of nitrogens with zero attached hydrogens (tertiary/aromatic N) is 1. The van der Waals surface area contributed by atoms with Crippen molar-refractivity contribution in [3.63, 3.8) is 0 Å². The number of amides is 1. The van der Waals surface area contributed by atoms with E-state index >= 15 is 0 Å². The van der Waals surface area contributed by atoms with Crippen molar-refractivity contribution in [3.8, 4) is 0 Å². The van der Waals surface area contributed by atoms with Crippen LogP contribution in [0.3, 0.4) is 0 Å². The van der Waals surface area contributed by atoms with Crippen LogP contribution >= 0.6 is 27.3 Å². The van der Waals surface area contributed by atoms with Crippen LogP contribution in [0.1, 0.15) is 10.4 Å². The molecule has 18 heavy (non-hydrogen) atoms. The fourth-order valence-electron chi connectivity index (χ4n) is 1.68. The molecule has 0 spiro atoms. The SMILES string of the molecule is CN(Cc1ccccc1)C(=O)Cc1ccc(Br)s1. The molecule has 1 aromatic carbocycles. The largest absolute Gasteiger partial charge is 0.341 e. The van der Waals surface area contributed by atoms with Gasteiger partial charge >= 0.3 is 0 Å². The van der Waals surface area contributed by atoms with Gasteiger partial charge in [-0.15, -0.1) is 11.3 Å². The van der Waals surface area contributed by atoms with Crippen LogP contribution in [0.15, 0.2) is 46.3 Å². The minimum Gasteiger partial charge on any atom is -0.341 e. The molecule has 0 aliphatic carbocycles. The molecule has 0 saturated heterocycles. The summed E-state index contributed by atoms with van der Waals surface area (Å²) in [6.07, 6.45) is 0.472. The summed E-state index contributed by atoms with van der Waals surface area (Å²) in [5, 5.41) is 0. The van der Waals surface area contributed by atoms with E-state index in [-0.39, 0.29) is 5.91 Å². The molecule has 0 radical (unpaired) electrons. The maximum absolute atomic E-state index is 12.0. The van der Waals surface area contributed by atoms with E-state index in [9.17, 15) is 4.79 Å². The van der Waals surface area contributed by atoms with Crippen LogP contribution in [0.2, 0.25) is 0 Å². The van der Waals surface area contributed by atoms with E-state index in [1.807, 2.05) is 49.5 Å². The summed E-state index contributed by atoms with van der Waals surface area (Å²) >= 11 is 5.02. The summed E-state index contributed by atoms with van der Waals surface area (Å²) < 4.78 is 1.07. The van der Waals surface area contributed by atoms with Crippen molar-refractivity contribution < 1.29 is 4.79 Å². The fraction of sp³-hybridized carbons (Fsp3) is 0.214. The van der Waals surface area contributed by atoms with Crippen molar-refractivity contribution in [2.24, 2.45) is 0 Å². The van der Waals surface area contributed by atoms with Gasteiger partial charge in [0.1, 0.15) is 0 Å². The van der Waals surface area contributed by atoms with Crippen molar-refractivity contribution in [1.29, 1.82) is 0 Å². The molecule has 2 aromatic rings. The van der Waals surface area contributed by atoms with Gasteiger partial charge in [0.05, 0.1) is 10.2 Å². The van der Waals surface area contributed by atoms with E-state index in [1.54, 1.807) is 16.2 Å². The number of thiophene rings is 1. The van der Waals surface area contributed by atoms with Gasteiger partial charge in [0.2, 0.25) is 5.91 Å². The highest BCUT2D eigenvalue weighted by atomic mass is 79.9. The maximum Gasteiger partial charge on any atom is 0.227 e. The molecule has 0 aliphatic heterocycles. The van der Waals surface area contributed by atoms with E-state index < -0.39 is 0 Å². The summed E-state index contributed by atoms with van der Waals surface area (Å²) in [6, 6.07) is 14.0. The number of benzene rings is 1. The molecule has 0 saturated carbocycles. The van der Waals surface area contributed by atoms with Gasteiger partial charge in [-0.25, -0.2) is 0 Å². The molecule has 0 atom stereocenters. The monoisotopic (exact) mass is 323 g/mol. The van der Waals surface area contributed by atoms with E-state index in [0.717, 1.165) is 14.2 Å². The van der Waals surface area contributed by atoms with E-state index in [0.29, 0.717) is 13.0 Å². The Morgan fingerprint density at radius 3 is 2.56 bits per heavy atom. The molecular weight excluding hydrogens is 310 g/mol. The average molecular weight is 324 g/mol. The standard InChI is InChI=1S/C14H14BrNOS/c1-16(10-11-5-3-2-4-6-11)14(17)9-12-7-8-13(15)18-12/h2-8H,9-10H2,1H3. The summed E-state index contributed by atoms with van der Waals surface area (Å²) in [6.45, 7) is 0.659. The number of carbonyl (C=O) groups is 1. The number of hydrogen-bond donors (Lipinski definition) is 0. The Labute approximate surface area is 119 Å². The lowest BCUT2D eigenvalue weighted by Crippen LogP contribution is -2.27. The zero-order chi connectivity index (χ0) is 13.0. The van der Waals surface area contributed by atoms with Crippen LogP contribution in [-0.4, -0.2) is 17.9 Å². The predicted octanol–water partition coefficient (Wildman–Crippen LogP) is 3.71. The Balaban J connectivity index is 1.93. The van der Waals surface area contributed by atoms with Crippen LogP contribution in [-0.2, 0) is 17.8 Å². The molecule has 0 fully saturated rings. The molecule has 2 rings (SSSR count). The smallest absolute Gasteiger partial charge is 0.227 e. The van der Waals surface area contributed by atoms with Crippen LogP contribution in [0, 0.1) is 0 Å². The number of rotatable bonds is 4. The molecule has 94 valence electrons. The topological polar surface area (TPSA) is 20.3 Å². The lowest BCUT2D eigenvalue weighted by Gasteiger charge is -2.16. The van der Waals surface area contributed by atoms with E-state index in [1.165, 1.54) is 0 Å². The van der Waals surface area contributed by atoms with Crippen LogP contribution in [0.5, 0.6) is 0 Å². The van der Waals surface area contributed by atoms with Gasteiger partial charge in [-0.1, -0.05) is 30.3 Å². The van der Waals surface area contributed by atoms with Crippen molar-refractivity contribution in [3.05, 3.63) is 56.7 Å². The maximum atomic E-state index is 12.0. The average Bonchev–Trinajstić information content (AvgIpc) is 2.76. The Hall–Kier alpha value is -1.13. The molecular formula is C14H14BrNOS. The second kappa shape index (κ2) is 6.16. The number of hydrogen-bond acceptors (Lipinski definition) is 2. The lowest BCUT2D eigenvalue weighted by atomic mass is 10.2. The molecule has 0 bridgehead atoms. The first-order chi connectivity index (χ1) is 8.65. The highest BCUT2D eigenvalue weighted by Gasteiger charge is 2.11. The van der Waals surface area contributed by atoms with E-state index in [4.69, 9.17) is 0 Å². The van der Waals surface area contributed by atoms with Gasteiger partial charge in [0.15, 0.2) is 0 Å². The summed E-state index contributed by atoms with van der Waals surface area (Å²) in [7, 11) is 1.85. The fourth-order valence-corrected chi connectivity index (χ4v) is 3.15. The molecule has 0 aliphatic rings. The first-order valence-electron chi connectivity index (χ1n) is 5.67. The molecule has 1 amide bonds. The highest BCUT2D eigenvalue weighted by molar-refractivity contribution is 9.11. The van der Waals surface area contributed by atoms with Crippen molar-refractivity contribution in [2.75, 3.05) is 7.05 Å². The summed E-state index contributed by atoms with van der Waals surface area (Å²) in [5.74, 6) is 0.146. The molecule has 4 heteroatoms. The van der Waals surface area contributed by atoms with Crippen LogP contribution in [0.4, 0.5) is 0 Å². The molecule has 0 N–H and O–H groups in total. The Kier molecular flexibility index (Phi) is 4.55. The normalized spacial score (nSPS) is 10.3. The quantitative estimate of drug-likeness (QED) is 0.839. The Morgan fingerprint density at radius 1 is 1.22 bits per heavy atom. The summed E-state index contributed by atoms with van der Waals surface area (Å²) in [4.78, 5) is 14.9. The third kappa shape index (κ3) is 3.68. The predicted molar refractivity (Wildman–Crippen MR) is 78.6 cm³/mol. The molecule has 2 nitrogen and oxygen atoms in total. The van der Waals surface area contributed by atoms with Gasteiger partial charge < -0.3 is 4.90 Å². The molecule has 0 unspecified atom stereocenters. The zero-order valence-electron chi connectivity index (χ0n) is 10.1. The summed E-state index contributed by atoms with van der Waals surface area (Å²) in [5.41, 5.74) is 1.15. The first-order valence-corrected chi connectivity index (χ1v) is 7.28.